The molecule has 4 heteroatoms. The van der Waals surface area contributed by atoms with Crippen LogP contribution in [0.2, 0.25) is 0 Å². The third-order valence-electron chi connectivity index (χ3n) is 3.41. The Morgan fingerprint density at radius 1 is 1.38 bits per heavy atom. The molecule has 0 radical (unpaired) electrons. The summed E-state index contributed by atoms with van der Waals surface area (Å²) < 4.78 is 5.83. The van der Waals surface area contributed by atoms with Crippen molar-refractivity contribution >= 4 is 5.91 Å². The Labute approximate surface area is 97.1 Å². The number of ether oxygens (including phenoxy) is 1. The van der Waals surface area contributed by atoms with Crippen LogP contribution in [-0.2, 0) is 9.53 Å². The number of carbonyl (C=O) groups excluding carboxylic acids is 1. The van der Waals surface area contributed by atoms with Gasteiger partial charge in [-0.15, -0.1) is 0 Å². The molecule has 1 heterocycles. The summed E-state index contributed by atoms with van der Waals surface area (Å²) in [6, 6.07) is -0.371. The van der Waals surface area contributed by atoms with E-state index in [4.69, 9.17) is 10.5 Å². The average Bonchev–Trinajstić information content (AvgIpc) is 3.10. The number of carbonyl (C=O) groups is 1. The topological polar surface area (TPSA) is 55.6 Å². The van der Waals surface area contributed by atoms with Crippen LogP contribution in [0.3, 0.4) is 0 Å². The van der Waals surface area contributed by atoms with Crippen molar-refractivity contribution in [2.45, 2.75) is 44.8 Å². The van der Waals surface area contributed by atoms with E-state index >= 15 is 0 Å². The molecular weight excluding hydrogens is 204 g/mol. The van der Waals surface area contributed by atoms with Gasteiger partial charge in [-0.1, -0.05) is 0 Å². The predicted octanol–water partition coefficient (Wildman–Crippen LogP) is 0.751. The summed E-state index contributed by atoms with van der Waals surface area (Å²) in [5, 5.41) is 0. The molecule has 0 bridgehead atoms. The van der Waals surface area contributed by atoms with Gasteiger partial charge < -0.3 is 15.4 Å². The summed E-state index contributed by atoms with van der Waals surface area (Å²) in [5.74, 6) is 0.893. The number of hydrogen-bond donors (Lipinski definition) is 1. The van der Waals surface area contributed by atoms with E-state index in [2.05, 4.69) is 0 Å². The molecule has 4 nitrogen and oxygen atoms in total. The summed E-state index contributed by atoms with van der Waals surface area (Å²) in [4.78, 5) is 13.5. The van der Waals surface area contributed by atoms with E-state index in [1.807, 2.05) is 4.90 Å². The first-order valence-corrected chi connectivity index (χ1v) is 6.33. The zero-order chi connectivity index (χ0) is 11.5. The van der Waals surface area contributed by atoms with Crippen LogP contribution in [0.5, 0.6) is 0 Å². The highest BCUT2D eigenvalue weighted by Crippen LogP contribution is 2.30. The van der Waals surface area contributed by atoms with Crippen LogP contribution in [-0.4, -0.2) is 42.6 Å². The van der Waals surface area contributed by atoms with Crippen molar-refractivity contribution < 1.29 is 9.53 Å². The summed E-state index contributed by atoms with van der Waals surface area (Å²) in [6.07, 6.45) is 4.96. The molecule has 92 valence electrons. The normalized spacial score (nSPS) is 24.5. The lowest BCUT2D eigenvalue weighted by molar-refractivity contribution is -0.134. The van der Waals surface area contributed by atoms with Gasteiger partial charge in [0.05, 0.1) is 12.1 Å². The number of rotatable bonds is 4. The van der Waals surface area contributed by atoms with Gasteiger partial charge in [-0.3, -0.25) is 4.79 Å². The summed E-state index contributed by atoms with van der Waals surface area (Å²) in [7, 11) is 0. The van der Waals surface area contributed by atoms with Crippen LogP contribution in [0.1, 0.15) is 32.6 Å². The quantitative estimate of drug-likeness (QED) is 0.769. The molecule has 1 aliphatic heterocycles. The van der Waals surface area contributed by atoms with Crippen molar-refractivity contribution in [2.24, 2.45) is 11.7 Å². The first kappa shape index (κ1) is 11.9. The van der Waals surface area contributed by atoms with Crippen molar-refractivity contribution in [1.29, 1.82) is 0 Å². The maximum atomic E-state index is 11.6. The molecule has 0 spiro atoms. The van der Waals surface area contributed by atoms with Crippen molar-refractivity contribution in [3.63, 3.8) is 0 Å². The maximum Gasteiger partial charge on any atom is 0.239 e. The molecule has 1 saturated carbocycles. The van der Waals surface area contributed by atoms with Gasteiger partial charge in [0.15, 0.2) is 0 Å². The Balaban J connectivity index is 1.67. The van der Waals surface area contributed by atoms with Crippen molar-refractivity contribution in [3.8, 4) is 0 Å². The van der Waals surface area contributed by atoms with Crippen molar-refractivity contribution in [1.82, 2.24) is 4.90 Å². The Morgan fingerprint density at radius 3 is 2.50 bits per heavy atom. The van der Waals surface area contributed by atoms with E-state index in [-0.39, 0.29) is 11.9 Å². The van der Waals surface area contributed by atoms with Crippen molar-refractivity contribution in [2.75, 3.05) is 19.7 Å². The Hall–Kier alpha value is -0.610. The fraction of sp³-hybridized carbons (Fsp3) is 0.917. The van der Waals surface area contributed by atoms with E-state index < -0.39 is 0 Å². The van der Waals surface area contributed by atoms with Crippen LogP contribution in [0, 0.1) is 5.92 Å². The van der Waals surface area contributed by atoms with E-state index in [9.17, 15) is 4.79 Å². The molecule has 0 aromatic rings. The third-order valence-corrected chi connectivity index (χ3v) is 3.41. The minimum atomic E-state index is -0.371. The molecule has 1 saturated heterocycles. The number of nitrogens with two attached hydrogens (primary N) is 1. The van der Waals surface area contributed by atoms with Crippen LogP contribution >= 0.6 is 0 Å². The molecule has 16 heavy (non-hydrogen) atoms. The molecule has 2 aliphatic rings. The number of likely N-dealkylation sites (tertiary alicyclic amines) is 1. The number of amides is 1. The van der Waals surface area contributed by atoms with E-state index in [0.717, 1.165) is 38.5 Å². The lowest BCUT2D eigenvalue weighted by Gasteiger charge is -2.32. The smallest absolute Gasteiger partial charge is 0.239 e. The van der Waals surface area contributed by atoms with Gasteiger partial charge >= 0.3 is 0 Å². The maximum absolute atomic E-state index is 11.6. The van der Waals surface area contributed by atoms with Gasteiger partial charge in [-0.25, -0.2) is 0 Å². The first-order chi connectivity index (χ1) is 7.66. The fourth-order valence-corrected chi connectivity index (χ4v) is 2.09. The number of hydrogen-bond acceptors (Lipinski definition) is 3. The summed E-state index contributed by atoms with van der Waals surface area (Å²) in [5.41, 5.74) is 5.59. The van der Waals surface area contributed by atoms with Crippen LogP contribution in [0.15, 0.2) is 0 Å². The monoisotopic (exact) mass is 226 g/mol. The second-order valence-corrected chi connectivity index (χ2v) is 5.09. The molecule has 0 unspecified atom stereocenters. The molecule has 0 aromatic heterocycles. The second-order valence-electron chi connectivity index (χ2n) is 5.09. The van der Waals surface area contributed by atoms with Crippen LogP contribution in [0.25, 0.3) is 0 Å². The molecule has 0 aromatic carbocycles. The molecular formula is C12H22N2O2. The summed E-state index contributed by atoms with van der Waals surface area (Å²) in [6.45, 7) is 4.27. The van der Waals surface area contributed by atoms with Gasteiger partial charge in [0.1, 0.15) is 0 Å². The number of piperidine rings is 1. The molecule has 2 N–H and O–H groups in total. The lowest BCUT2D eigenvalue weighted by atomic mass is 10.1. The molecule has 1 atom stereocenters. The van der Waals surface area contributed by atoms with Crippen LogP contribution < -0.4 is 5.73 Å². The molecule has 1 aliphatic carbocycles. The van der Waals surface area contributed by atoms with Crippen molar-refractivity contribution in [3.05, 3.63) is 0 Å². The lowest BCUT2D eigenvalue weighted by Crippen LogP contribution is -2.47. The minimum absolute atomic E-state index is 0.0700. The Bertz CT molecular complexity index is 243. The molecule has 2 rings (SSSR count). The third kappa shape index (κ3) is 3.19. The standard InChI is InChI=1S/C12H22N2O2/c1-9(13)12(15)14-6-4-11(5-7-14)16-8-10-2-3-10/h9-11H,2-8,13H2,1H3/t9-/m0/s1. The molecule has 1 amide bonds. The number of nitrogens with zero attached hydrogens (tertiary/aromatic N) is 1. The van der Waals surface area contributed by atoms with Gasteiger partial charge in [0.2, 0.25) is 5.91 Å². The predicted molar refractivity (Wildman–Crippen MR) is 61.9 cm³/mol. The largest absolute Gasteiger partial charge is 0.378 e. The van der Waals surface area contributed by atoms with Crippen LogP contribution in [0.4, 0.5) is 0 Å². The minimum Gasteiger partial charge on any atom is -0.378 e. The highest BCUT2D eigenvalue weighted by molar-refractivity contribution is 5.81. The van der Waals surface area contributed by atoms with E-state index in [1.54, 1.807) is 6.92 Å². The SMILES string of the molecule is C[C@H](N)C(=O)N1CCC(OCC2CC2)CC1. The van der Waals surface area contributed by atoms with E-state index in [0.29, 0.717) is 6.10 Å². The highest BCUT2D eigenvalue weighted by atomic mass is 16.5. The van der Waals surface area contributed by atoms with Gasteiger partial charge in [0, 0.05) is 19.7 Å². The van der Waals surface area contributed by atoms with E-state index in [1.165, 1.54) is 12.8 Å². The first-order valence-electron chi connectivity index (χ1n) is 6.33. The zero-order valence-corrected chi connectivity index (χ0v) is 10.0. The average molecular weight is 226 g/mol. The van der Waals surface area contributed by atoms with Gasteiger partial charge in [-0.2, -0.15) is 0 Å². The zero-order valence-electron chi connectivity index (χ0n) is 10.0. The highest BCUT2D eigenvalue weighted by Gasteiger charge is 2.27. The Kier molecular flexibility index (Phi) is 3.82. The second kappa shape index (κ2) is 5.15. The fourth-order valence-electron chi connectivity index (χ4n) is 2.09. The van der Waals surface area contributed by atoms with Gasteiger partial charge in [-0.05, 0) is 38.5 Å². The summed E-state index contributed by atoms with van der Waals surface area (Å²) >= 11 is 0. The Morgan fingerprint density at radius 2 is 2.00 bits per heavy atom. The molecule has 2 fully saturated rings. The van der Waals surface area contributed by atoms with Gasteiger partial charge in [0.25, 0.3) is 0 Å².